The molecule has 40 heavy (non-hydrogen) atoms. The number of aromatic nitrogens is 1. The second-order valence-electron chi connectivity index (χ2n) is 12.4. The second kappa shape index (κ2) is 13.3. The zero-order chi connectivity index (χ0) is 28.8. The SMILES string of the molecule is COC(=O)C=Cc1ccc2c(c1)CCC2N(CCNCCO[Si](C)(C)C(C)(C)C)CCc1c[nH]c2ccccc12. The predicted octanol–water partition coefficient (Wildman–Crippen LogP) is 6.50. The Labute approximate surface area is 241 Å². The van der Waals surface area contributed by atoms with Gasteiger partial charge in [0.25, 0.3) is 0 Å². The van der Waals surface area contributed by atoms with Crippen LogP contribution in [0.25, 0.3) is 17.0 Å². The Morgan fingerprint density at radius 3 is 2.73 bits per heavy atom. The van der Waals surface area contributed by atoms with Crippen molar-refractivity contribution < 1.29 is 14.0 Å². The number of esters is 1. The standard InChI is InChI=1S/C33H47N3O3Si/c1-33(2,3)40(5,6)39-22-19-34-18-21-36(20-17-27-24-35-30-10-8-7-9-28(27)30)31-15-13-26-23-25(11-14-29(26)31)12-16-32(37)38-4/h7-12,14,16,23-24,31,34-35H,13,15,17-22H2,1-6H3. The highest BCUT2D eigenvalue weighted by Gasteiger charge is 2.36. The van der Waals surface area contributed by atoms with Crippen LogP contribution in [0.15, 0.2) is 54.7 Å². The summed E-state index contributed by atoms with van der Waals surface area (Å²) in [6, 6.07) is 15.5. The van der Waals surface area contributed by atoms with E-state index in [0.717, 1.165) is 57.6 Å². The van der Waals surface area contributed by atoms with Crippen LogP contribution in [0.1, 0.15) is 55.5 Å². The molecule has 0 spiro atoms. The van der Waals surface area contributed by atoms with E-state index < -0.39 is 8.32 Å². The van der Waals surface area contributed by atoms with E-state index in [-0.39, 0.29) is 11.0 Å². The lowest BCUT2D eigenvalue weighted by Crippen LogP contribution is -2.43. The number of aryl methyl sites for hydroxylation is 1. The number of methoxy groups -OCH3 is 1. The lowest BCUT2D eigenvalue weighted by atomic mass is 10.0. The summed E-state index contributed by atoms with van der Waals surface area (Å²) in [7, 11) is -0.313. The minimum atomic E-state index is -1.72. The predicted molar refractivity (Wildman–Crippen MR) is 168 cm³/mol. The number of ether oxygens (including phenoxy) is 1. The van der Waals surface area contributed by atoms with E-state index in [1.54, 1.807) is 0 Å². The van der Waals surface area contributed by atoms with Crippen molar-refractivity contribution >= 4 is 31.3 Å². The number of aromatic amines is 1. The van der Waals surface area contributed by atoms with Crippen molar-refractivity contribution in [2.45, 2.75) is 64.2 Å². The molecule has 0 saturated carbocycles. The molecule has 2 aromatic carbocycles. The quantitative estimate of drug-likeness (QED) is 0.108. The first-order chi connectivity index (χ1) is 19.1. The number of nitrogens with zero attached hydrogens (tertiary/aromatic N) is 1. The fourth-order valence-electron chi connectivity index (χ4n) is 5.30. The van der Waals surface area contributed by atoms with Crippen molar-refractivity contribution in [3.8, 4) is 0 Å². The first-order valence-electron chi connectivity index (χ1n) is 14.6. The van der Waals surface area contributed by atoms with Gasteiger partial charge in [-0.05, 0) is 71.8 Å². The minimum Gasteiger partial charge on any atom is -0.466 e. The first-order valence-corrected chi connectivity index (χ1v) is 17.5. The molecule has 216 valence electrons. The molecule has 0 aliphatic heterocycles. The number of benzene rings is 2. The topological polar surface area (TPSA) is 66.6 Å². The van der Waals surface area contributed by atoms with Gasteiger partial charge in [0.1, 0.15) is 0 Å². The molecule has 1 heterocycles. The fourth-order valence-corrected chi connectivity index (χ4v) is 6.34. The van der Waals surface area contributed by atoms with Crippen LogP contribution in [-0.2, 0) is 26.8 Å². The van der Waals surface area contributed by atoms with Crippen LogP contribution in [-0.4, -0.2) is 64.1 Å². The Bertz CT molecular complexity index is 1310. The maximum atomic E-state index is 11.5. The molecule has 2 N–H and O–H groups in total. The van der Waals surface area contributed by atoms with Crippen molar-refractivity contribution in [3.05, 3.63) is 77.0 Å². The van der Waals surface area contributed by atoms with E-state index in [4.69, 9.17) is 9.16 Å². The molecule has 0 fully saturated rings. The van der Waals surface area contributed by atoms with E-state index >= 15 is 0 Å². The molecule has 4 rings (SSSR count). The van der Waals surface area contributed by atoms with E-state index in [0.29, 0.717) is 6.04 Å². The highest BCUT2D eigenvalue weighted by atomic mass is 28.4. The number of carbonyl (C=O) groups is 1. The summed E-state index contributed by atoms with van der Waals surface area (Å²) in [5.41, 5.74) is 6.41. The van der Waals surface area contributed by atoms with Crippen LogP contribution in [0, 0.1) is 0 Å². The maximum absolute atomic E-state index is 11.5. The maximum Gasteiger partial charge on any atom is 0.330 e. The Balaban J connectivity index is 1.41. The van der Waals surface area contributed by atoms with Crippen molar-refractivity contribution in [2.75, 3.05) is 39.9 Å². The van der Waals surface area contributed by atoms with Gasteiger partial charge < -0.3 is 19.5 Å². The number of nitrogens with one attached hydrogen (secondary N) is 2. The molecule has 0 radical (unpaired) electrons. The molecule has 1 aromatic heterocycles. The lowest BCUT2D eigenvalue weighted by molar-refractivity contribution is -0.134. The Morgan fingerprint density at radius 1 is 1.15 bits per heavy atom. The second-order valence-corrected chi connectivity index (χ2v) is 17.2. The first kappa shape index (κ1) is 30.3. The molecule has 0 amide bonds. The van der Waals surface area contributed by atoms with Gasteiger partial charge in [-0.1, -0.05) is 57.2 Å². The van der Waals surface area contributed by atoms with Crippen LogP contribution >= 0.6 is 0 Å². The molecule has 0 bridgehead atoms. The highest BCUT2D eigenvalue weighted by Crippen LogP contribution is 2.37. The molecular formula is C33H47N3O3Si. The zero-order valence-corrected chi connectivity index (χ0v) is 26.2. The third kappa shape index (κ3) is 7.52. The number of hydrogen-bond donors (Lipinski definition) is 2. The lowest BCUT2D eigenvalue weighted by Gasteiger charge is -2.36. The highest BCUT2D eigenvalue weighted by molar-refractivity contribution is 6.74. The summed E-state index contributed by atoms with van der Waals surface area (Å²) < 4.78 is 11.1. The molecule has 3 aromatic rings. The monoisotopic (exact) mass is 561 g/mol. The summed E-state index contributed by atoms with van der Waals surface area (Å²) in [5, 5.41) is 5.20. The molecule has 1 aliphatic carbocycles. The van der Waals surface area contributed by atoms with E-state index in [1.807, 2.05) is 6.08 Å². The number of carbonyl (C=O) groups excluding carboxylic acids is 1. The van der Waals surface area contributed by atoms with Gasteiger partial charge in [-0.2, -0.15) is 0 Å². The average Bonchev–Trinajstić information content (AvgIpc) is 3.54. The number of para-hydroxylation sites is 1. The summed E-state index contributed by atoms with van der Waals surface area (Å²) in [6.07, 6.45) is 8.66. The molecule has 0 saturated heterocycles. The van der Waals surface area contributed by atoms with Gasteiger partial charge in [0.05, 0.1) is 7.11 Å². The number of fused-ring (bicyclic) bond motifs is 2. The summed E-state index contributed by atoms with van der Waals surface area (Å²) in [6.45, 7) is 16.0. The van der Waals surface area contributed by atoms with E-state index in [9.17, 15) is 4.79 Å². The number of H-pyrrole nitrogens is 1. The fraction of sp³-hybridized carbons (Fsp3) is 0.485. The molecule has 7 heteroatoms. The van der Waals surface area contributed by atoms with Gasteiger partial charge in [0.2, 0.25) is 0 Å². The van der Waals surface area contributed by atoms with Gasteiger partial charge in [-0.3, -0.25) is 4.90 Å². The minimum absolute atomic E-state index is 0.233. The Hall–Kier alpha value is -2.71. The van der Waals surface area contributed by atoms with Crippen molar-refractivity contribution in [1.82, 2.24) is 15.2 Å². The van der Waals surface area contributed by atoms with E-state index in [1.165, 1.54) is 40.8 Å². The van der Waals surface area contributed by atoms with E-state index in [2.05, 4.69) is 97.7 Å². The Morgan fingerprint density at radius 2 is 1.95 bits per heavy atom. The largest absolute Gasteiger partial charge is 0.466 e. The third-order valence-electron chi connectivity index (χ3n) is 8.73. The molecule has 1 unspecified atom stereocenters. The zero-order valence-electron chi connectivity index (χ0n) is 25.2. The number of rotatable bonds is 13. The molecule has 1 atom stereocenters. The summed E-state index contributed by atoms with van der Waals surface area (Å²) in [5.74, 6) is -0.330. The molecular weight excluding hydrogens is 514 g/mol. The van der Waals surface area contributed by atoms with Gasteiger partial charge >= 0.3 is 5.97 Å². The molecule has 6 nitrogen and oxygen atoms in total. The van der Waals surface area contributed by atoms with Crippen molar-refractivity contribution in [2.24, 2.45) is 0 Å². The van der Waals surface area contributed by atoms with Gasteiger partial charge in [0.15, 0.2) is 8.32 Å². The van der Waals surface area contributed by atoms with Crippen LogP contribution in [0.4, 0.5) is 0 Å². The normalized spacial score (nSPS) is 15.8. The van der Waals surface area contributed by atoms with Crippen LogP contribution < -0.4 is 5.32 Å². The summed E-state index contributed by atoms with van der Waals surface area (Å²) in [4.78, 5) is 17.6. The third-order valence-corrected chi connectivity index (χ3v) is 13.3. The summed E-state index contributed by atoms with van der Waals surface area (Å²) >= 11 is 0. The van der Waals surface area contributed by atoms with Crippen LogP contribution in [0.5, 0.6) is 0 Å². The average molecular weight is 562 g/mol. The Kier molecular flexibility index (Phi) is 10.1. The van der Waals surface area contributed by atoms with Crippen LogP contribution in [0.3, 0.4) is 0 Å². The van der Waals surface area contributed by atoms with Crippen LogP contribution in [0.2, 0.25) is 18.1 Å². The van der Waals surface area contributed by atoms with Crippen molar-refractivity contribution in [1.29, 1.82) is 0 Å². The number of hydrogen-bond acceptors (Lipinski definition) is 5. The van der Waals surface area contributed by atoms with Gasteiger partial charge in [0, 0.05) is 62.0 Å². The van der Waals surface area contributed by atoms with Gasteiger partial charge in [-0.15, -0.1) is 0 Å². The van der Waals surface area contributed by atoms with Crippen molar-refractivity contribution in [3.63, 3.8) is 0 Å². The van der Waals surface area contributed by atoms with Gasteiger partial charge in [-0.25, -0.2) is 4.79 Å². The molecule has 1 aliphatic rings. The smallest absolute Gasteiger partial charge is 0.330 e.